The first-order chi connectivity index (χ1) is 22.3. The highest BCUT2D eigenvalue weighted by molar-refractivity contribution is 5.91. The van der Waals surface area contributed by atoms with Crippen LogP contribution in [0.5, 0.6) is 0 Å². The van der Waals surface area contributed by atoms with Gasteiger partial charge in [0, 0.05) is 38.8 Å². The fourth-order valence-corrected chi connectivity index (χ4v) is 6.16. The summed E-state index contributed by atoms with van der Waals surface area (Å²) in [4.78, 5) is 60.4. The van der Waals surface area contributed by atoms with Gasteiger partial charge in [-0.25, -0.2) is 9.48 Å². The molecular weight excluding hydrogens is 596 g/mol. The summed E-state index contributed by atoms with van der Waals surface area (Å²) in [6.45, 7) is 2.44. The van der Waals surface area contributed by atoms with Crippen LogP contribution in [-0.2, 0) is 41.7 Å². The maximum atomic E-state index is 13.9. The lowest BCUT2D eigenvalue weighted by molar-refractivity contribution is -0.148. The number of nitrogens with one attached hydrogen (secondary N) is 1. The molecule has 3 fully saturated rings. The molecule has 0 radical (unpaired) electrons. The molecule has 3 saturated heterocycles. The van der Waals surface area contributed by atoms with Gasteiger partial charge in [-0.3, -0.25) is 14.4 Å². The second kappa shape index (κ2) is 16.0. The molecule has 4 heterocycles. The third-order valence-electron chi connectivity index (χ3n) is 8.47. The summed E-state index contributed by atoms with van der Waals surface area (Å²) in [6.07, 6.45) is 2.86. The van der Waals surface area contributed by atoms with Crippen LogP contribution in [0.3, 0.4) is 0 Å². The van der Waals surface area contributed by atoms with E-state index in [1.165, 1.54) is 0 Å². The van der Waals surface area contributed by atoms with Crippen molar-refractivity contribution in [2.24, 2.45) is 0 Å². The number of rotatable bonds is 6. The quantitative estimate of drug-likeness (QED) is 0.466. The maximum absolute atomic E-state index is 13.9. The van der Waals surface area contributed by atoms with E-state index in [2.05, 4.69) is 15.6 Å². The van der Waals surface area contributed by atoms with Gasteiger partial charge in [0.15, 0.2) is 0 Å². The highest BCUT2D eigenvalue weighted by Crippen LogP contribution is 2.30. The van der Waals surface area contributed by atoms with Crippen LogP contribution in [0.2, 0.25) is 0 Å². The van der Waals surface area contributed by atoms with Crippen LogP contribution in [0.4, 0.5) is 4.79 Å². The molecule has 0 bridgehead atoms. The molecule has 3 aliphatic heterocycles. The second-order valence-corrected chi connectivity index (χ2v) is 12.1. The minimum Gasteiger partial charge on any atom is -0.445 e. The van der Waals surface area contributed by atoms with Crippen LogP contribution in [-0.4, -0.2) is 144 Å². The smallest absolute Gasteiger partial charge is 0.410 e. The van der Waals surface area contributed by atoms with Crippen LogP contribution < -0.4 is 5.32 Å². The Morgan fingerprint density at radius 2 is 1.74 bits per heavy atom. The molecule has 15 heteroatoms. The van der Waals surface area contributed by atoms with Crippen LogP contribution in [0.15, 0.2) is 36.5 Å². The molecule has 0 unspecified atom stereocenters. The summed E-state index contributed by atoms with van der Waals surface area (Å²) in [6, 6.07) is 7.92. The number of piperidine rings is 1. The zero-order chi connectivity index (χ0) is 32.5. The normalized spacial score (nSPS) is 22.8. The van der Waals surface area contributed by atoms with Gasteiger partial charge < -0.3 is 39.1 Å². The Bertz CT molecular complexity index is 1330. The molecule has 0 aliphatic carbocycles. The third-order valence-corrected chi connectivity index (χ3v) is 8.47. The van der Waals surface area contributed by atoms with Gasteiger partial charge in [-0.1, -0.05) is 35.5 Å². The molecule has 1 N–H and O–H groups in total. The number of carbonyl (C=O) groups is 4. The number of ether oxygens (including phenoxy) is 3. The Morgan fingerprint density at radius 1 is 0.978 bits per heavy atom. The number of aromatic nitrogens is 3. The first kappa shape index (κ1) is 33.3. The van der Waals surface area contributed by atoms with Gasteiger partial charge in [0.1, 0.15) is 25.8 Å². The molecular formula is C31H44N8O7. The van der Waals surface area contributed by atoms with Crippen molar-refractivity contribution in [3.63, 3.8) is 0 Å². The minimum atomic E-state index is -0.832. The van der Waals surface area contributed by atoms with Gasteiger partial charge in [-0.15, -0.1) is 5.10 Å². The maximum Gasteiger partial charge on any atom is 0.410 e. The Kier molecular flexibility index (Phi) is 11.5. The summed E-state index contributed by atoms with van der Waals surface area (Å²) < 4.78 is 18.3. The van der Waals surface area contributed by atoms with E-state index in [1.807, 2.05) is 55.5 Å². The molecule has 250 valence electrons. The van der Waals surface area contributed by atoms with E-state index < -0.39 is 18.2 Å². The Hall–Kier alpha value is -4.08. The third kappa shape index (κ3) is 8.59. The monoisotopic (exact) mass is 640 g/mol. The number of carbonyl (C=O) groups excluding carboxylic acids is 4. The molecule has 0 spiro atoms. The second-order valence-electron chi connectivity index (χ2n) is 12.1. The number of amides is 4. The summed E-state index contributed by atoms with van der Waals surface area (Å²) >= 11 is 0. The molecule has 1 aromatic heterocycles. The molecule has 2 aromatic rings. The van der Waals surface area contributed by atoms with Crippen molar-refractivity contribution in [3.05, 3.63) is 47.8 Å². The standard InChI is InChI=1S/C31H44N8O7/c1-35(2)18-24-19-39(34-33-24)26-10-14-37-27(40)20-38(28(41)22-45-17-16-44-15-11-32-30(42)29(26)37)25-8-12-36(13-9-25)31(43)46-21-23-6-4-3-5-7-23/h3-7,19,25-26,29H,8-18,20-22H2,1-2H3,(H,32,42)/t26-,29+/m1/s1. The SMILES string of the molecule is CN(C)Cc1cn([C@@H]2CCN3C(=O)CN(C4CCN(C(=O)OCc5ccccc5)CC4)C(=O)COCCOCCNC(=O)[C@H]23)nn1. The number of likely N-dealkylation sites (tertiary alicyclic amines) is 1. The van der Waals surface area contributed by atoms with Crippen molar-refractivity contribution >= 4 is 23.8 Å². The topological polar surface area (TPSA) is 152 Å². The van der Waals surface area contributed by atoms with Crippen LogP contribution >= 0.6 is 0 Å². The lowest BCUT2D eigenvalue weighted by Gasteiger charge is -2.38. The lowest BCUT2D eigenvalue weighted by Crippen LogP contribution is -2.55. The molecule has 0 saturated carbocycles. The number of hydrogen-bond acceptors (Lipinski definition) is 10. The highest BCUT2D eigenvalue weighted by atomic mass is 16.6. The fraction of sp³-hybridized carbons (Fsp3) is 0.613. The van der Waals surface area contributed by atoms with Gasteiger partial charge in [0.05, 0.1) is 37.8 Å². The fourth-order valence-electron chi connectivity index (χ4n) is 6.16. The van der Waals surface area contributed by atoms with E-state index in [4.69, 9.17) is 14.2 Å². The van der Waals surface area contributed by atoms with E-state index in [0.29, 0.717) is 45.4 Å². The van der Waals surface area contributed by atoms with Crippen molar-refractivity contribution in [2.75, 3.05) is 73.2 Å². The lowest BCUT2D eigenvalue weighted by atomic mass is 10.0. The van der Waals surface area contributed by atoms with E-state index in [1.54, 1.807) is 19.4 Å². The summed E-state index contributed by atoms with van der Waals surface area (Å²) in [7, 11) is 3.87. The number of benzene rings is 1. The zero-order valence-corrected chi connectivity index (χ0v) is 26.6. The van der Waals surface area contributed by atoms with Crippen LogP contribution in [0, 0.1) is 0 Å². The first-order valence-corrected chi connectivity index (χ1v) is 15.8. The summed E-state index contributed by atoms with van der Waals surface area (Å²) in [5.74, 6) is -0.967. The molecule has 5 rings (SSSR count). The predicted molar refractivity (Wildman–Crippen MR) is 164 cm³/mol. The van der Waals surface area contributed by atoms with Crippen LogP contribution in [0.25, 0.3) is 0 Å². The highest BCUT2D eigenvalue weighted by Gasteiger charge is 2.44. The van der Waals surface area contributed by atoms with Crippen molar-refractivity contribution in [3.8, 4) is 0 Å². The van der Waals surface area contributed by atoms with Gasteiger partial charge >= 0.3 is 6.09 Å². The Labute approximate surface area is 268 Å². The van der Waals surface area contributed by atoms with Crippen molar-refractivity contribution < 1.29 is 33.4 Å². The van der Waals surface area contributed by atoms with Crippen molar-refractivity contribution in [1.82, 2.24) is 39.9 Å². The molecule has 15 nitrogen and oxygen atoms in total. The van der Waals surface area contributed by atoms with Crippen molar-refractivity contribution in [1.29, 1.82) is 0 Å². The summed E-state index contributed by atoms with van der Waals surface area (Å²) in [5, 5.41) is 11.5. The molecule has 46 heavy (non-hydrogen) atoms. The number of nitrogens with zero attached hydrogens (tertiary/aromatic N) is 7. The average Bonchev–Trinajstić information content (AvgIpc) is 3.71. The van der Waals surface area contributed by atoms with E-state index in [-0.39, 0.29) is 69.9 Å². The minimum absolute atomic E-state index is 0.177. The molecule has 3 aliphatic rings. The number of fused-ring (bicyclic) bond motifs is 1. The van der Waals surface area contributed by atoms with Crippen LogP contribution in [0.1, 0.15) is 36.6 Å². The number of hydrogen-bond donors (Lipinski definition) is 1. The van der Waals surface area contributed by atoms with Gasteiger partial charge in [0.2, 0.25) is 17.7 Å². The van der Waals surface area contributed by atoms with Gasteiger partial charge in [-0.05, 0) is 38.9 Å². The van der Waals surface area contributed by atoms with E-state index in [0.717, 1.165) is 11.3 Å². The molecule has 4 amide bonds. The zero-order valence-electron chi connectivity index (χ0n) is 26.6. The molecule has 2 atom stereocenters. The summed E-state index contributed by atoms with van der Waals surface area (Å²) in [5.41, 5.74) is 1.66. The van der Waals surface area contributed by atoms with Crippen molar-refractivity contribution in [2.45, 2.75) is 50.5 Å². The average molecular weight is 641 g/mol. The Morgan fingerprint density at radius 3 is 2.50 bits per heavy atom. The first-order valence-electron chi connectivity index (χ1n) is 15.8. The van der Waals surface area contributed by atoms with E-state index in [9.17, 15) is 19.2 Å². The largest absolute Gasteiger partial charge is 0.445 e. The van der Waals surface area contributed by atoms with E-state index >= 15 is 0 Å². The Balaban J connectivity index is 1.28. The van der Waals surface area contributed by atoms with Gasteiger partial charge in [-0.2, -0.15) is 0 Å². The van der Waals surface area contributed by atoms with Gasteiger partial charge in [0.25, 0.3) is 0 Å². The molecule has 1 aromatic carbocycles. The predicted octanol–water partition coefficient (Wildman–Crippen LogP) is 0.275.